The number of amides is 1. The number of phenolic OH excluding ortho intramolecular Hbond substituents is 1. The van der Waals surface area contributed by atoms with E-state index in [1.165, 1.54) is 19.2 Å². The fraction of sp³-hybridized carbons (Fsp3) is 0.412. The number of rotatable bonds is 4. The first-order valence-corrected chi connectivity index (χ1v) is 8.34. The van der Waals surface area contributed by atoms with Crippen molar-refractivity contribution in [3.05, 3.63) is 41.2 Å². The van der Waals surface area contributed by atoms with Crippen LogP contribution in [0.15, 0.2) is 30.6 Å². The summed E-state index contributed by atoms with van der Waals surface area (Å²) in [5, 5.41) is 17.3. The van der Waals surface area contributed by atoms with Crippen LogP contribution in [0.3, 0.4) is 0 Å². The summed E-state index contributed by atoms with van der Waals surface area (Å²) in [5.41, 5.74) is 0.361. The number of aromatic hydroxyl groups is 1. The molecule has 2 atom stereocenters. The van der Waals surface area contributed by atoms with Crippen LogP contribution in [0.2, 0.25) is 5.02 Å². The number of carbonyl (C=O) groups excluding carboxylic acids is 1. The Morgan fingerprint density at radius 3 is 2.92 bits per heavy atom. The molecule has 2 aromatic rings. The molecule has 2 N–H and O–H groups in total. The summed E-state index contributed by atoms with van der Waals surface area (Å²) in [6.45, 7) is 0. The monoisotopic (exact) mass is 349 g/mol. The van der Waals surface area contributed by atoms with Gasteiger partial charge in [0.2, 0.25) is 0 Å². The van der Waals surface area contributed by atoms with Crippen LogP contribution in [0.1, 0.15) is 42.1 Å². The van der Waals surface area contributed by atoms with E-state index in [2.05, 4.69) is 10.4 Å². The van der Waals surface area contributed by atoms with E-state index in [1.54, 1.807) is 6.20 Å². The van der Waals surface area contributed by atoms with Gasteiger partial charge in [-0.1, -0.05) is 24.4 Å². The Morgan fingerprint density at radius 2 is 2.21 bits per heavy atom. The lowest BCUT2D eigenvalue weighted by molar-refractivity contribution is 0.0905. The second-order valence-corrected chi connectivity index (χ2v) is 6.33. The number of hydrogen-bond donors (Lipinski definition) is 2. The van der Waals surface area contributed by atoms with E-state index in [0.717, 1.165) is 25.7 Å². The summed E-state index contributed by atoms with van der Waals surface area (Å²) in [7, 11) is 1.42. The van der Waals surface area contributed by atoms with E-state index >= 15 is 0 Å². The van der Waals surface area contributed by atoms with Gasteiger partial charge in [0.1, 0.15) is 0 Å². The van der Waals surface area contributed by atoms with Gasteiger partial charge >= 0.3 is 0 Å². The molecule has 24 heavy (non-hydrogen) atoms. The third-order valence-electron chi connectivity index (χ3n) is 4.42. The predicted octanol–water partition coefficient (Wildman–Crippen LogP) is 3.16. The van der Waals surface area contributed by atoms with Crippen molar-refractivity contribution < 1.29 is 14.6 Å². The van der Waals surface area contributed by atoms with Crippen LogP contribution in [0.25, 0.3) is 0 Å². The Balaban J connectivity index is 1.79. The van der Waals surface area contributed by atoms with Gasteiger partial charge in [0.15, 0.2) is 11.5 Å². The number of ether oxygens (including phenoxy) is 1. The molecule has 0 aliphatic heterocycles. The predicted molar refractivity (Wildman–Crippen MR) is 90.7 cm³/mol. The Kier molecular flexibility index (Phi) is 4.94. The highest BCUT2D eigenvalue weighted by atomic mass is 35.5. The minimum absolute atomic E-state index is 0.00437. The molecule has 1 aliphatic rings. The van der Waals surface area contributed by atoms with E-state index in [1.807, 2.05) is 16.9 Å². The van der Waals surface area contributed by atoms with Crippen molar-refractivity contribution in [1.82, 2.24) is 15.1 Å². The SMILES string of the molecule is COc1cc(C(=O)N[C@@H]2CCCC[C@@H]2n2cccn2)cc(Cl)c1O. The highest BCUT2D eigenvalue weighted by Crippen LogP contribution is 2.35. The zero-order valence-corrected chi connectivity index (χ0v) is 14.2. The molecule has 1 amide bonds. The number of carbonyl (C=O) groups is 1. The van der Waals surface area contributed by atoms with E-state index in [9.17, 15) is 9.90 Å². The zero-order chi connectivity index (χ0) is 17.1. The second-order valence-electron chi connectivity index (χ2n) is 5.93. The van der Waals surface area contributed by atoms with Gasteiger partial charge in [0.05, 0.1) is 24.2 Å². The first-order chi connectivity index (χ1) is 11.6. The number of phenols is 1. The lowest BCUT2D eigenvalue weighted by atomic mass is 9.90. The molecule has 1 aliphatic carbocycles. The van der Waals surface area contributed by atoms with Gasteiger partial charge in [0, 0.05) is 18.0 Å². The lowest BCUT2D eigenvalue weighted by Crippen LogP contribution is -2.43. The third-order valence-corrected chi connectivity index (χ3v) is 4.71. The molecular weight excluding hydrogens is 330 g/mol. The van der Waals surface area contributed by atoms with E-state index < -0.39 is 0 Å². The maximum absolute atomic E-state index is 12.6. The molecule has 0 radical (unpaired) electrons. The van der Waals surface area contributed by atoms with Gasteiger partial charge in [-0.15, -0.1) is 0 Å². The lowest BCUT2D eigenvalue weighted by Gasteiger charge is -2.32. The molecule has 128 valence electrons. The third kappa shape index (κ3) is 3.33. The fourth-order valence-corrected chi connectivity index (χ4v) is 3.40. The maximum Gasteiger partial charge on any atom is 0.251 e. The van der Waals surface area contributed by atoms with Crippen LogP contribution in [0, 0.1) is 0 Å². The van der Waals surface area contributed by atoms with E-state index in [-0.39, 0.29) is 34.5 Å². The topological polar surface area (TPSA) is 76.4 Å². The molecule has 6 nitrogen and oxygen atoms in total. The number of halogens is 1. The summed E-state index contributed by atoms with van der Waals surface area (Å²) in [5.74, 6) is -0.220. The number of benzene rings is 1. The highest BCUT2D eigenvalue weighted by molar-refractivity contribution is 6.32. The van der Waals surface area contributed by atoms with Crippen LogP contribution >= 0.6 is 11.6 Å². The van der Waals surface area contributed by atoms with Crippen molar-refractivity contribution in [3.8, 4) is 11.5 Å². The minimum atomic E-state index is -0.237. The summed E-state index contributed by atoms with van der Waals surface area (Å²) in [4.78, 5) is 12.6. The summed E-state index contributed by atoms with van der Waals surface area (Å²) < 4.78 is 6.97. The second kappa shape index (κ2) is 7.13. The van der Waals surface area contributed by atoms with Crippen molar-refractivity contribution in [1.29, 1.82) is 0 Å². The van der Waals surface area contributed by atoms with Gasteiger partial charge in [0.25, 0.3) is 5.91 Å². The molecule has 1 saturated carbocycles. The molecule has 0 saturated heterocycles. The van der Waals surface area contributed by atoms with Gasteiger partial charge < -0.3 is 15.2 Å². The summed E-state index contributed by atoms with van der Waals surface area (Å²) >= 11 is 5.97. The Bertz CT molecular complexity index is 718. The first kappa shape index (κ1) is 16.6. The van der Waals surface area contributed by atoms with Crippen LogP contribution < -0.4 is 10.1 Å². The Hall–Kier alpha value is -2.21. The largest absolute Gasteiger partial charge is 0.503 e. The van der Waals surface area contributed by atoms with Gasteiger partial charge in [-0.2, -0.15) is 5.10 Å². The highest BCUT2D eigenvalue weighted by Gasteiger charge is 2.28. The number of nitrogens with one attached hydrogen (secondary N) is 1. The zero-order valence-electron chi connectivity index (χ0n) is 13.4. The Labute approximate surface area is 145 Å². The molecule has 1 aromatic heterocycles. The number of hydrogen-bond acceptors (Lipinski definition) is 4. The van der Waals surface area contributed by atoms with Crippen molar-refractivity contribution >= 4 is 17.5 Å². The first-order valence-electron chi connectivity index (χ1n) is 7.96. The number of aromatic nitrogens is 2. The van der Waals surface area contributed by atoms with Crippen LogP contribution in [-0.2, 0) is 0 Å². The number of methoxy groups -OCH3 is 1. The molecular formula is C17H20ClN3O3. The van der Waals surface area contributed by atoms with Crippen molar-refractivity contribution in [2.24, 2.45) is 0 Å². The Morgan fingerprint density at radius 1 is 1.42 bits per heavy atom. The van der Waals surface area contributed by atoms with Crippen LogP contribution in [0.4, 0.5) is 0 Å². The average molecular weight is 350 g/mol. The standard InChI is InChI=1S/C17H20ClN3O3/c1-24-15-10-11(9-12(18)16(15)22)17(23)20-13-5-2-3-6-14(13)21-8-4-7-19-21/h4,7-10,13-14,22H,2-3,5-6H2,1H3,(H,20,23)/t13-,14+/m1/s1. The molecule has 1 fully saturated rings. The fourth-order valence-electron chi connectivity index (χ4n) is 3.19. The molecule has 7 heteroatoms. The van der Waals surface area contributed by atoms with Crippen molar-refractivity contribution in [2.75, 3.05) is 7.11 Å². The van der Waals surface area contributed by atoms with Gasteiger partial charge in [-0.05, 0) is 31.0 Å². The molecule has 0 spiro atoms. The molecule has 3 rings (SSSR count). The van der Waals surface area contributed by atoms with Crippen LogP contribution in [0.5, 0.6) is 11.5 Å². The molecule has 1 aromatic carbocycles. The van der Waals surface area contributed by atoms with Gasteiger partial charge in [-0.3, -0.25) is 9.48 Å². The van der Waals surface area contributed by atoms with Crippen molar-refractivity contribution in [2.45, 2.75) is 37.8 Å². The molecule has 1 heterocycles. The quantitative estimate of drug-likeness (QED) is 0.888. The summed E-state index contributed by atoms with van der Waals surface area (Å²) in [6.07, 6.45) is 7.75. The van der Waals surface area contributed by atoms with E-state index in [0.29, 0.717) is 5.56 Å². The minimum Gasteiger partial charge on any atom is -0.503 e. The number of nitrogens with zero attached hydrogens (tertiary/aromatic N) is 2. The van der Waals surface area contributed by atoms with Gasteiger partial charge in [-0.25, -0.2) is 0 Å². The van der Waals surface area contributed by atoms with E-state index in [4.69, 9.17) is 16.3 Å². The average Bonchev–Trinajstić information content (AvgIpc) is 3.12. The molecule has 0 unspecified atom stereocenters. The molecule has 0 bridgehead atoms. The normalized spacial score (nSPS) is 20.6. The summed E-state index contributed by atoms with van der Waals surface area (Å²) in [6, 6.07) is 4.97. The smallest absolute Gasteiger partial charge is 0.251 e. The van der Waals surface area contributed by atoms with Crippen molar-refractivity contribution in [3.63, 3.8) is 0 Å². The maximum atomic E-state index is 12.6. The van der Waals surface area contributed by atoms with Crippen LogP contribution in [-0.4, -0.2) is 33.9 Å².